The fourth-order valence-electron chi connectivity index (χ4n) is 4.69. The average molecular weight is 528 g/mol. The van der Waals surface area contributed by atoms with Gasteiger partial charge < -0.3 is 15.5 Å². The number of amides is 3. The zero-order valence-electron chi connectivity index (χ0n) is 20.9. The van der Waals surface area contributed by atoms with Crippen molar-refractivity contribution in [1.82, 2.24) is 15.5 Å². The van der Waals surface area contributed by atoms with Gasteiger partial charge in [0.1, 0.15) is 5.82 Å². The lowest BCUT2D eigenvalue weighted by Crippen LogP contribution is -2.50. The molecule has 3 aromatic rings. The van der Waals surface area contributed by atoms with Gasteiger partial charge in [-0.15, -0.1) is 0 Å². The second-order valence-electron chi connectivity index (χ2n) is 9.60. The highest BCUT2D eigenvalue weighted by molar-refractivity contribution is 5.81. The van der Waals surface area contributed by atoms with Gasteiger partial charge in [0.05, 0.1) is 11.5 Å². The largest absolute Gasteiger partial charge is 0.416 e. The quantitative estimate of drug-likeness (QED) is 0.399. The van der Waals surface area contributed by atoms with E-state index in [2.05, 4.69) is 10.6 Å². The van der Waals surface area contributed by atoms with Gasteiger partial charge in [-0.2, -0.15) is 13.2 Å². The maximum Gasteiger partial charge on any atom is 0.416 e. The van der Waals surface area contributed by atoms with E-state index < -0.39 is 17.7 Å². The number of hydrogen-bond donors (Lipinski definition) is 2. The third-order valence-electron chi connectivity index (χ3n) is 6.77. The normalized spacial score (nSPS) is 17.7. The standard InChI is InChI=1S/C29H29F4N3O2/c1-19-12-22(10-11-26(19)30)23-14-24(18-36(17-23)28(38)35-15-20-6-3-2-4-7-20)27(37)34-16-21-8-5-9-25(13-21)29(31,32)33/h2-13,23-24H,14-18H2,1H3,(H,34,37)(H,35,38). The molecule has 0 saturated carbocycles. The van der Waals surface area contributed by atoms with Gasteiger partial charge in [0.15, 0.2) is 0 Å². The number of nitrogens with one attached hydrogen (secondary N) is 2. The molecule has 2 atom stereocenters. The van der Waals surface area contributed by atoms with Crippen molar-refractivity contribution in [1.29, 1.82) is 0 Å². The minimum absolute atomic E-state index is 0.0697. The van der Waals surface area contributed by atoms with Crippen LogP contribution in [0.1, 0.15) is 40.2 Å². The molecule has 1 fully saturated rings. The van der Waals surface area contributed by atoms with Gasteiger partial charge in [-0.25, -0.2) is 9.18 Å². The highest BCUT2D eigenvalue weighted by Crippen LogP contribution is 2.32. The molecule has 0 spiro atoms. The molecule has 1 aliphatic heterocycles. The van der Waals surface area contributed by atoms with Gasteiger partial charge in [-0.05, 0) is 53.8 Å². The van der Waals surface area contributed by atoms with Crippen LogP contribution >= 0.6 is 0 Å². The molecule has 0 aliphatic carbocycles. The molecule has 9 heteroatoms. The number of nitrogens with zero attached hydrogens (tertiary/aromatic N) is 1. The molecule has 1 heterocycles. The molecule has 5 nitrogen and oxygen atoms in total. The Morgan fingerprint density at radius 3 is 2.32 bits per heavy atom. The number of aryl methyl sites for hydroxylation is 1. The first kappa shape index (κ1) is 27.2. The molecule has 4 rings (SSSR count). The first-order valence-electron chi connectivity index (χ1n) is 12.4. The topological polar surface area (TPSA) is 61.4 Å². The first-order chi connectivity index (χ1) is 18.1. The maximum atomic E-state index is 13.9. The van der Waals surface area contributed by atoms with Crippen LogP contribution in [0.2, 0.25) is 0 Å². The number of rotatable bonds is 6. The Kier molecular flexibility index (Phi) is 8.34. The van der Waals surface area contributed by atoms with Crippen LogP contribution in [0.3, 0.4) is 0 Å². The lowest BCUT2D eigenvalue weighted by Gasteiger charge is -2.37. The number of carbonyl (C=O) groups excluding carboxylic acids is 2. The van der Waals surface area contributed by atoms with Crippen LogP contribution < -0.4 is 10.6 Å². The first-order valence-corrected chi connectivity index (χ1v) is 12.4. The number of urea groups is 1. The molecule has 0 aromatic heterocycles. The SMILES string of the molecule is Cc1cc(C2CC(C(=O)NCc3cccc(C(F)(F)F)c3)CN(C(=O)NCc3ccccc3)C2)ccc1F. The van der Waals surface area contributed by atoms with Crippen LogP contribution in [0.5, 0.6) is 0 Å². The van der Waals surface area contributed by atoms with Gasteiger partial charge in [-0.1, -0.05) is 54.6 Å². The summed E-state index contributed by atoms with van der Waals surface area (Å²) in [4.78, 5) is 27.8. The van der Waals surface area contributed by atoms with Crippen molar-refractivity contribution in [2.45, 2.75) is 38.5 Å². The third kappa shape index (κ3) is 6.90. The van der Waals surface area contributed by atoms with Crippen molar-refractivity contribution >= 4 is 11.9 Å². The number of hydrogen-bond acceptors (Lipinski definition) is 2. The summed E-state index contributed by atoms with van der Waals surface area (Å²) in [5.41, 5.74) is 1.76. The molecule has 0 bridgehead atoms. The average Bonchev–Trinajstić information content (AvgIpc) is 2.92. The molecule has 3 aromatic carbocycles. The summed E-state index contributed by atoms with van der Waals surface area (Å²) in [6, 6.07) is 18.7. The molecule has 38 heavy (non-hydrogen) atoms. The zero-order chi connectivity index (χ0) is 27.3. The summed E-state index contributed by atoms with van der Waals surface area (Å²) in [5, 5.41) is 5.62. The van der Waals surface area contributed by atoms with E-state index in [-0.39, 0.29) is 36.8 Å². The molecule has 2 unspecified atom stereocenters. The van der Waals surface area contributed by atoms with E-state index in [1.807, 2.05) is 30.3 Å². The Balaban J connectivity index is 1.47. The Hall–Kier alpha value is -3.88. The lowest BCUT2D eigenvalue weighted by atomic mass is 9.83. The summed E-state index contributed by atoms with van der Waals surface area (Å²) < 4.78 is 53.0. The summed E-state index contributed by atoms with van der Waals surface area (Å²) in [5.74, 6) is -1.49. The number of halogens is 4. The van der Waals surface area contributed by atoms with Crippen molar-refractivity contribution in [3.63, 3.8) is 0 Å². The molecular formula is C29H29F4N3O2. The van der Waals surface area contributed by atoms with Crippen molar-refractivity contribution in [2.24, 2.45) is 5.92 Å². The van der Waals surface area contributed by atoms with Gasteiger partial charge in [0, 0.05) is 32.1 Å². The van der Waals surface area contributed by atoms with Gasteiger partial charge in [0.2, 0.25) is 5.91 Å². The van der Waals surface area contributed by atoms with E-state index in [4.69, 9.17) is 0 Å². The Morgan fingerprint density at radius 2 is 1.61 bits per heavy atom. The van der Waals surface area contributed by atoms with Crippen LogP contribution in [0.4, 0.5) is 22.4 Å². The van der Waals surface area contributed by atoms with Crippen LogP contribution in [-0.4, -0.2) is 29.9 Å². The number of carbonyl (C=O) groups is 2. The van der Waals surface area contributed by atoms with E-state index >= 15 is 0 Å². The zero-order valence-corrected chi connectivity index (χ0v) is 20.9. The van der Waals surface area contributed by atoms with E-state index in [1.165, 1.54) is 18.2 Å². The molecule has 200 valence electrons. The van der Waals surface area contributed by atoms with E-state index in [0.29, 0.717) is 30.6 Å². The summed E-state index contributed by atoms with van der Waals surface area (Å²) in [7, 11) is 0. The lowest BCUT2D eigenvalue weighted by molar-refractivity contribution is -0.137. The fourth-order valence-corrected chi connectivity index (χ4v) is 4.69. The van der Waals surface area contributed by atoms with E-state index in [9.17, 15) is 27.2 Å². The van der Waals surface area contributed by atoms with Crippen molar-refractivity contribution in [2.75, 3.05) is 13.1 Å². The van der Waals surface area contributed by atoms with Gasteiger partial charge in [-0.3, -0.25) is 4.79 Å². The number of benzene rings is 3. The minimum atomic E-state index is -4.47. The van der Waals surface area contributed by atoms with E-state index in [0.717, 1.165) is 23.3 Å². The molecule has 1 saturated heterocycles. The number of alkyl halides is 3. The third-order valence-corrected chi connectivity index (χ3v) is 6.77. The second-order valence-corrected chi connectivity index (χ2v) is 9.60. The summed E-state index contributed by atoms with van der Waals surface area (Å²) in [6.45, 7) is 2.42. The van der Waals surface area contributed by atoms with E-state index in [1.54, 1.807) is 24.0 Å². The highest BCUT2D eigenvalue weighted by atomic mass is 19.4. The fraction of sp³-hybridized carbons (Fsp3) is 0.310. The molecule has 1 aliphatic rings. The van der Waals surface area contributed by atoms with Crippen LogP contribution in [-0.2, 0) is 24.1 Å². The van der Waals surface area contributed by atoms with Crippen LogP contribution in [0.25, 0.3) is 0 Å². The molecular weight excluding hydrogens is 498 g/mol. The van der Waals surface area contributed by atoms with Crippen molar-refractivity contribution in [3.8, 4) is 0 Å². The van der Waals surface area contributed by atoms with Crippen LogP contribution in [0, 0.1) is 18.7 Å². The second kappa shape index (κ2) is 11.7. The smallest absolute Gasteiger partial charge is 0.352 e. The van der Waals surface area contributed by atoms with Gasteiger partial charge in [0.25, 0.3) is 0 Å². The minimum Gasteiger partial charge on any atom is -0.352 e. The van der Waals surface area contributed by atoms with Crippen molar-refractivity contribution < 1.29 is 27.2 Å². The Bertz CT molecular complexity index is 1280. The number of piperidine rings is 1. The predicted octanol–water partition coefficient (Wildman–Crippen LogP) is 5.78. The maximum absolute atomic E-state index is 13.9. The Morgan fingerprint density at radius 1 is 0.895 bits per heavy atom. The van der Waals surface area contributed by atoms with Crippen molar-refractivity contribution in [3.05, 3.63) is 106 Å². The highest BCUT2D eigenvalue weighted by Gasteiger charge is 2.35. The van der Waals surface area contributed by atoms with Crippen LogP contribution in [0.15, 0.2) is 72.8 Å². The summed E-state index contributed by atoms with van der Waals surface area (Å²) >= 11 is 0. The predicted molar refractivity (Wildman–Crippen MR) is 136 cm³/mol. The molecule has 0 radical (unpaired) electrons. The van der Waals surface area contributed by atoms with Gasteiger partial charge >= 0.3 is 12.2 Å². The molecule has 2 N–H and O–H groups in total. The Labute approximate surface area is 218 Å². The summed E-state index contributed by atoms with van der Waals surface area (Å²) in [6.07, 6.45) is -4.06. The number of likely N-dealkylation sites (tertiary alicyclic amines) is 1. The molecule has 3 amide bonds. The monoisotopic (exact) mass is 527 g/mol.